The molecular weight excluding hydrogens is 359 g/mol. The number of alkyl halides is 1. The molecule has 0 bridgehead atoms. The van der Waals surface area contributed by atoms with Crippen LogP contribution in [0.2, 0.25) is 5.02 Å². The minimum absolute atomic E-state index is 0.462. The van der Waals surface area contributed by atoms with E-state index in [1.165, 1.54) is 5.56 Å². The minimum atomic E-state index is -0.976. The summed E-state index contributed by atoms with van der Waals surface area (Å²) in [6.07, 6.45) is 0.553. The van der Waals surface area contributed by atoms with Gasteiger partial charge in [-0.15, -0.1) is 11.6 Å². The fourth-order valence-electron chi connectivity index (χ4n) is 1.22. The highest BCUT2D eigenvalue weighted by Crippen LogP contribution is 2.25. The fraction of sp³-hybridized carbons (Fsp3) is 0.417. The number of hydrogen-bond acceptors (Lipinski definition) is 3. The van der Waals surface area contributed by atoms with Gasteiger partial charge in [-0.25, -0.2) is 4.79 Å². The number of benzene rings is 1. The SMILES string of the molecule is CC(Cl)(CCSCc1ccc(Cl)cc1)C(=O)OBr. The van der Waals surface area contributed by atoms with Crippen LogP contribution in [-0.2, 0) is 14.4 Å². The molecule has 100 valence electrons. The molecule has 1 aromatic rings. The van der Waals surface area contributed by atoms with Crippen LogP contribution in [0.4, 0.5) is 0 Å². The van der Waals surface area contributed by atoms with Crippen molar-refractivity contribution in [3.8, 4) is 0 Å². The van der Waals surface area contributed by atoms with Crippen molar-refractivity contribution in [3.63, 3.8) is 0 Å². The summed E-state index contributed by atoms with van der Waals surface area (Å²) in [7, 11) is 0. The maximum Gasteiger partial charge on any atom is 0.338 e. The van der Waals surface area contributed by atoms with E-state index in [1.54, 1.807) is 18.7 Å². The summed E-state index contributed by atoms with van der Waals surface area (Å²) < 4.78 is 4.46. The van der Waals surface area contributed by atoms with Crippen molar-refractivity contribution < 1.29 is 8.62 Å². The molecule has 6 heteroatoms. The van der Waals surface area contributed by atoms with E-state index >= 15 is 0 Å². The predicted octanol–water partition coefficient (Wildman–Crippen LogP) is 4.81. The van der Waals surface area contributed by atoms with Gasteiger partial charge >= 0.3 is 5.97 Å². The zero-order valence-electron chi connectivity index (χ0n) is 9.79. The van der Waals surface area contributed by atoms with E-state index in [1.807, 2.05) is 24.3 Å². The highest BCUT2D eigenvalue weighted by molar-refractivity contribution is 9.06. The van der Waals surface area contributed by atoms with Crippen LogP contribution in [0, 0.1) is 0 Å². The molecule has 0 aromatic heterocycles. The van der Waals surface area contributed by atoms with Gasteiger partial charge in [0.25, 0.3) is 0 Å². The molecule has 0 aliphatic carbocycles. The highest BCUT2D eigenvalue weighted by Gasteiger charge is 2.31. The van der Waals surface area contributed by atoms with Gasteiger partial charge in [0.15, 0.2) is 16.3 Å². The first-order valence-electron chi connectivity index (χ1n) is 5.30. The van der Waals surface area contributed by atoms with Crippen molar-refractivity contribution in [2.45, 2.75) is 24.0 Å². The summed E-state index contributed by atoms with van der Waals surface area (Å²) in [5.41, 5.74) is 1.20. The van der Waals surface area contributed by atoms with Crippen molar-refractivity contribution in [2.24, 2.45) is 0 Å². The lowest BCUT2D eigenvalue weighted by atomic mass is 10.1. The Bertz CT molecular complexity index is 396. The van der Waals surface area contributed by atoms with Crippen molar-refractivity contribution in [3.05, 3.63) is 34.9 Å². The van der Waals surface area contributed by atoms with Crippen molar-refractivity contribution >= 4 is 57.2 Å². The minimum Gasteiger partial charge on any atom is -0.382 e. The van der Waals surface area contributed by atoms with Gasteiger partial charge in [-0.1, -0.05) is 23.7 Å². The van der Waals surface area contributed by atoms with E-state index in [2.05, 4.69) is 20.1 Å². The van der Waals surface area contributed by atoms with E-state index in [-0.39, 0.29) is 0 Å². The van der Waals surface area contributed by atoms with Gasteiger partial charge in [-0.2, -0.15) is 11.8 Å². The number of rotatable bonds is 6. The molecule has 1 rings (SSSR count). The number of halogens is 3. The van der Waals surface area contributed by atoms with Crippen molar-refractivity contribution in [1.29, 1.82) is 0 Å². The average Bonchev–Trinajstić information content (AvgIpc) is 2.35. The Balaban J connectivity index is 2.30. The third-order valence-corrected chi connectivity index (χ3v) is 4.31. The van der Waals surface area contributed by atoms with Crippen LogP contribution in [-0.4, -0.2) is 16.6 Å². The van der Waals surface area contributed by atoms with Crippen LogP contribution in [0.1, 0.15) is 18.9 Å². The second-order valence-corrected chi connectivity index (χ2v) is 6.69. The Hall–Kier alpha value is 0.1000. The number of carbonyl (C=O) groups is 1. The Morgan fingerprint density at radius 3 is 2.61 bits per heavy atom. The van der Waals surface area contributed by atoms with E-state index in [0.717, 1.165) is 16.5 Å². The molecule has 0 fully saturated rings. The van der Waals surface area contributed by atoms with E-state index in [9.17, 15) is 4.79 Å². The van der Waals surface area contributed by atoms with E-state index in [0.29, 0.717) is 6.42 Å². The Labute approximate surface area is 130 Å². The van der Waals surface area contributed by atoms with Gasteiger partial charge in [0.05, 0.1) is 0 Å². The van der Waals surface area contributed by atoms with Crippen LogP contribution in [0.15, 0.2) is 24.3 Å². The van der Waals surface area contributed by atoms with Gasteiger partial charge in [0, 0.05) is 10.8 Å². The molecule has 0 heterocycles. The second-order valence-electron chi connectivity index (χ2n) is 3.99. The zero-order chi connectivity index (χ0) is 13.6. The van der Waals surface area contributed by atoms with E-state index in [4.69, 9.17) is 23.2 Å². The largest absolute Gasteiger partial charge is 0.382 e. The molecule has 2 nitrogen and oxygen atoms in total. The molecule has 0 aliphatic rings. The van der Waals surface area contributed by atoms with Gasteiger partial charge in [-0.05, 0) is 36.8 Å². The first-order valence-corrected chi connectivity index (χ1v) is 7.85. The van der Waals surface area contributed by atoms with Crippen LogP contribution in [0.25, 0.3) is 0 Å². The third-order valence-electron chi connectivity index (χ3n) is 2.39. The maximum atomic E-state index is 11.3. The molecule has 0 N–H and O–H groups in total. The third kappa shape index (κ3) is 5.39. The van der Waals surface area contributed by atoms with Crippen molar-refractivity contribution in [2.75, 3.05) is 5.75 Å². The lowest BCUT2D eigenvalue weighted by Crippen LogP contribution is -2.29. The summed E-state index contributed by atoms with van der Waals surface area (Å²) in [6, 6.07) is 7.71. The Morgan fingerprint density at radius 2 is 2.06 bits per heavy atom. The Kier molecular flexibility index (Phi) is 6.85. The number of thioether (sulfide) groups is 1. The normalized spacial score (nSPS) is 14.0. The van der Waals surface area contributed by atoms with Gasteiger partial charge < -0.3 is 3.83 Å². The number of carbonyl (C=O) groups excluding carboxylic acids is 1. The fourth-order valence-corrected chi connectivity index (χ4v) is 3.16. The molecule has 0 aliphatic heterocycles. The van der Waals surface area contributed by atoms with Gasteiger partial charge in [0.2, 0.25) is 0 Å². The molecule has 0 saturated carbocycles. The van der Waals surface area contributed by atoms with Crippen molar-refractivity contribution in [1.82, 2.24) is 0 Å². The molecule has 0 saturated heterocycles. The summed E-state index contributed by atoms with van der Waals surface area (Å²) >= 11 is 16.2. The monoisotopic (exact) mass is 370 g/mol. The molecule has 1 atom stereocenters. The summed E-state index contributed by atoms with van der Waals surface area (Å²) in [5, 5.41) is 0.733. The van der Waals surface area contributed by atoms with Crippen LogP contribution in [0.3, 0.4) is 0 Å². The molecule has 0 amide bonds. The smallest absolute Gasteiger partial charge is 0.338 e. The average molecular weight is 372 g/mol. The van der Waals surface area contributed by atoms with Crippen LogP contribution in [0.5, 0.6) is 0 Å². The summed E-state index contributed by atoms with van der Waals surface area (Å²) in [5.74, 6) is 1.19. The zero-order valence-corrected chi connectivity index (χ0v) is 13.7. The standard InChI is InChI=1S/C12H13BrCl2O2S/c1-12(15,11(16)17-13)6-7-18-8-9-2-4-10(14)5-3-9/h2-5H,6-8H2,1H3. The lowest BCUT2D eigenvalue weighted by Gasteiger charge is -2.17. The Morgan fingerprint density at radius 1 is 1.44 bits per heavy atom. The van der Waals surface area contributed by atoms with Gasteiger partial charge in [0.1, 0.15) is 4.87 Å². The predicted molar refractivity (Wildman–Crippen MR) is 81.5 cm³/mol. The lowest BCUT2D eigenvalue weighted by molar-refractivity contribution is -0.134. The molecule has 1 unspecified atom stereocenters. The van der Waals surface area contributed by atoms with Gasteiger partial charge in [-0.3, -0.25) is 0 Å². The molecule has 1 aromatic carbocycles. The van der Waals surface area contributed by atoms with Crippen LogP contribution < -0.4 is 0 Å². The molecular formula is C12H13BrCl2O2S. The quantitative estimate of drug-likeness (QED) is 0.530. The molecule has 18 heavy (non-hydrogen) atoms. The first-order chi connectivity index (χ1) is 8.45. The van der Waals surface area contributed by atoms with Crippen LogP contribution >= 0.6 is 51.2 Å². The highest BCUT2D eigenvalue weighted by atomic mass is 79.9. The summed E-state index contributed by atoms with van der Waals surface area (Å²) in [6.45, 7) is 1.65. The van der Waals surface area contributed by atoms with E-state index < -0.39 is 10.8 Å². The summed E-state index contributed by atoms with van der Waals surface area (Å²) in [4.78, 5) is 10.3. The molecule has 0 spiro atoms. The molecule has 0 radical (unpaired) electrons. The maximum absolute atomic E-state index is 11.3. The number of hydrogen-bond donors (Lipinski definition) is 0. The topological polar surface area (TPSA) is 26.3 Å². The first kappa shape index (κ1) is 16.2. The second kappa shape index (κ2) is 7.63.